The fraction of sp³-hybridized carbons (Fsp3) is 0.462. The fourth-order valence-corrected chi connectivity index (χ4v) is 5.11. The quantitative estimate of drug-likeness (QED) is 0.928. The van der Waals surface area contributed by atoms with Gasteiger partial charge in [0.05, 0.1) is 15.5 Å². The molecule has 1 heterocycles. The summed E-state index contributed by atoms with van der Waals surface area (Å²) < 4.78 is 26.7. The molecule has 2 atom stereocenters. The van der Waals surface area contributed by atoms with Crippen molar-refractivity contribution in [2.24, 2.45) is 5.92 Å². The molecule has 0 amide bonds. The van der Waals surface area contributed by atoms with Crippen LogP contribution in [0.15, 0.2) is 23.1 Å². The minimum atomic E-state index is -3.63. The predicted octanol–water partition coefficient (Wildman–Crippen LogP) is 2.21. The van der Waals surface area contributed by atoms with E-state index < -0.39 is 16.0 Å². The lowest BCUT2D eigenvalue weighted by atomic mass is 10.1. The molecule has 20 heavy (non-hydrogen) atoms. The van der Waals surface area contributed by atoms with Crippen molar-refractivity contribution in [1.29, 1.82) is 0 Å². The third-order valence-corrected chi connectivity index (χ3v) is 6.38. The fourth-order valence-electron chi connectivity index (χ4n) is 3.14. The number of piperidine rings is 1. The van der Waals surface area contributed by atoms with Crippen LogP contribution in [0.3, 0.4) is 0 Å². The highest BCUT2D eigenvalue weighted by Crippen LogP contribution is 2.40. The topological polar surface area (TPSA) is 74.7 Å². The minimum absolute atomic E-state index is 0.00634. The van der Waals surface area contributed by atoms with Gasteiger partial charge in [-0.15, -0.1) is 0 Å². The lowest BCUT2D eigenvalue weighted by molar-refractivity contribution is 0.0697. The molecule has 0 aromatic heterocycles. The molecule has 1 aliphatic heterocycles. The molecule has 1 aromatic rings. The average molecular weight is 316 g/mol. The number of hydrogen-bond donors (Lipinski definition) is 1. The molecule has 108 valence electrons. The van der Waals surface area contributed by atoms with Crippen LogP contribution in [0.25, 0.3) is 0 Å². The molecule has 2 fully saturated rings. The van der Waals surface area contributed by atoms with Gasteiger partial charge in [0.1, 0.15) is 0 Å². The molecule has 0 spiro atoms. The molecule has 1 aliphatic carbocycles. The van der Waals surface area contributed by atoms with Gasteiger partial charge in [0, 0.05) is 12.6 Å². The molecular weight excluding hydrogens is 302 g/mol. The Morgan fingerprint density at radius 2 is 2.10 bits per heavy atom. The highest BCUT2D eigenvalue weighted by molar-refractivity contribution is 7.89. The lowest BCUT2D eigenvalue weighted by Crippen LogP contribution is -2.37. The third-order valence-electron chi connectivity index (χ3n) is 4.13. The van der Waals surface area contributed by atoms with Crippen molar-refractivity contribution in [3.63, 3.8) is 0 Å². The van der Waals surface area contributed by atoms with E-state index >= 15 is 0 Å². The summed E-state index contributed by atoms with van der Waals surface area (Å²) in [6.45, 7) is 0.540. The second-order valence-electron chi connectivity index (χ2n) is 5.35. The van der Waals surface area contributed by atoms with Crippen molar-refractivity contribution in [3.8, 4) is 0 Å². The van der Waals surface area contributed by atoms with Crippen molar-refractivity contribution in [1.82, 2.24) is 4.31 Å². The zero-order valence-corrected chi connectivity index (χ0v) is 12.2. The summed E-state index contributed by atoms with van der Waals surface area (Å²) in [4.78, 5) is 11.1. The van der Waals surface area contributed by atoms with E-state index in [1.165, 1.54) is 16.4 Å². The largest absolute Gasteiger partial charge is 0.478 e. The molecule has 1 N–H and O–H groups in total. The summed E-state index contributed by atoms with van der Waals surface area (Å²) in [7, 11) is -3.63. The maximum Gasteiger partial charge on any atom is 0.337 e. The first kappa shape index (κ1) is 13.9. The van der Waals surface area contributed by atoms with Gasteiger partial charge in [-0.1, -0.05) is 11.6 Å². The second-order valence-corrected chi connectivity index (χ2v) is 7.65. The number of aromatic carboxylic acids is 1. The number of rotatable bonds is 3. The van der Waals surface area contributed by atoms with Crippen molar-refractivity contribution >= 4 is 27.6 Å². The number of halogens is 1. The van der Waals surface area contributed by atoms with Crippen LogP contribution in [0.4, 0.5) is 0 Å². The zero-order valence-electron chi connectivity index (χ0n) is 10.6. The Morgan fingerprint density at radius 1 is 1.35 bits per heavy atom. The van der Waals surface area contributed by atoms with Crippen molar-refractivity contribution < 1.29 is 18.3 Å². The van der Waals surface area contributed by atoms with Gasteiger partial charge in [0.25, 0.3) is 0 Å². The Labute approximate surface area is 122 Å². The molecule has 2 aliphatic rings. The van der Waals surface area contributed by atoms with E-state index in [1.807, 2.05) is 0 Å². The number of nitrogens with zero attached hydrogens (tertiary/aromatic N) is 1. The van der Waals surface area contributed by atoms with Crippen LogP contribution < -0.4 is 0 Å². The van der Waals surface area contributed by atoms with Crippen LogP contribution in [0, 0.1) is 5.92 Å². The molecule has 3 rings (SSSR count). The Hall–Kier alpha value is -1.11. The third kappa shape index (κ3) is 2.12. The molecule has 2 bridgehead atoms. The summed E-state index contributed by atoms with van der Waals surface area (Å²) in [6.07, 6.45) is 2.89. The monoisotopic (exact) mass is 315 g/mol. The number of sulfonamides is 1. The molecule has 0 radical (unpaired) electrons. The molecule has 1 saturated heterocycles. The van der Waals surface area contributed by atoms with Crippen LogP contribution in [-0.4, -0.2) is 36.4 Å². The SMILES string of the molecule is O=C(O)c1cc(S(=O)(=O)N2CC3CCC2C3)ccc1Cl. The number of carbonyl (C=O) groups is 1. The van der Waals surface area contributed by atoms with Crippen LogP contribution in [0.1, 0.15) is 29.6 Å². The molecule has 1 saturated carbocycles. The maximum absolute atomic E-state index is 12.6. The first-order valence-corrected chi connectivity index (χ1v) is 8.26. The van der Waals surface area contributed by atoms with E-state index in [0.29, 0.717) is 12.5 Å². The molecule has 1 aromatic carbocycles. The summed E-state index contributed by atoms with van der Waals surface area (Å²) in [5.74, 6) is -0.781. The van der Waals surface area contributed by atoms with Crippen LogP contribution in [-0.2, 0) is 10.0 Å². The smallest absolute Gasteiger partial charge is 0.337 e. The van der Waals surface area contributed by atoms with E-state index in [9.17, 15) is 13.2 Å². The van der Waals surface area contributed by atoms with Gasteiger partial charge in [-0.05, 0) is 43.4 Å². The molecular formula is C13H14ClNO4S. The van der Waals surface area contributed by atoms with Crippen LogP contribution in [0.2, 0.25) is 5.02 Å². The van der Waals surface area contributed by atoms with E-state index in [4.69, 9.17) is 16.7 Å². The Balaban J connectivity index is 2.00. The van der Waals surface area contributed by atoms with Crippen molar-refractivity contribution in [3.05, 3.63) is 28.8 Å². The van der Waals surface area contributed by atoms with Crippen LogP contribution >= 0.6 is 11.6 Å². The van der Waals surface area contributed by atoms with Gasteiger partial charge >= 0.3 is 5.97 Å². The number of carboxylic acids is 1. The van der Waals surface area contributed by atoms with Crippen molar-refractivity contribution in [2.45, 2.75) is 30.2 Å². The molecule has 2 unspecified atom stereocenters. The zero-order chi connectivity index (χ0) is 14.5. The van der Waals surface area contributed by atoms with E-state index in [1.54, 1.807) is 0 Å². The van der Waals surface area contributed by atoms with E-state index in [2.05, 4.69) is 0 Å². The Kier molecular flexibility index (Phi) is 3.27. The minimum Gasteiger partial charge on any atom is -0.478 e. The second kappa shape index (κ2) is 4.72. The van der Waals surface area contributed by atoms with Gasteiger partial charge in [-0.25, -0.2) is 13.2 Å². The maximum atomic E-state index is 12.6. The average Bonchev–Trinajstić information content (AvgIpc) is 3.01. The van der Waals surface area contributed by atoms with Crippen molar-refractivity contribution in [2.75, 3.05) is 6.54 Å². The van der Waals surface area contributed by atoms with E-state index in [0.717, 1.165) is 25.3 Å². The molecule has 7 heteroatoms. The highest BCUT2D eigenvalue weighted by Gasteiger charge is 2.44. The van der Waals surface area contributed by atoms with Gasteiger partial charge in [0.15, 0.2) is 0 Å². The highest BCUT2D eigenvalue weighted by atomic mass is 35.5. The Bertz CT molecular complexity index is 673. The predicted molar refractivity (Wildman–Crippen MR) is 73.4 cm³/mol. The summed E-state index contributed by atoms with van der Waals surface area (Å²) in [6, 6.07) is 3.91. The molecule has 5 nitrogen and oxygen atoms in total. The Morgan fingerprint density at radius 3 is 2.65 bits per heavy atom. The first-order valence-electron chi connectivity index (χ1n) is 6.44. The van der Waals surface area contributed by atoms with Crippen LogP contribution in [0.5, 0.6) is 0 Å². The number of hydrogen-bond acceptors (Lipinski definition) is 3. The van der Waals surface area contributed by atoms with Gasteiger partial charge < -0.3 is 5.11 Å². The van der Waals surface area contributed by atoms with Gasteiger partial charge in [-0.3, -0.25) is 0 Å². The van der Waals surface area contributed by atoms with Gasteiger partial charge in [-0.2, -0.15) is 4.31 Å². The lowest BCUT2D eigenvalue weighted by Gasteiger charge is -2.26. The summed E-state index contributed by atoms with van der Waals surface area (Å²) >= 11 is 5.77. The van der Waals surface area contributed by atoms with Gasteiger partial charge in [0.2, 0.25) is 10.0 Å². The standard InChI is InChI=1S/C13H14ClNO4S/c14-12-4-3-10(6-11(12)13(16)17)20(18,19)15-7-8-1-2-9(15)5-8/h3-4,6,8-9H,1-2,5,7H2,(H,16,17). The number of fused-ring (bicyclic) bond motifs is 2. The summed E-state index contributed by atoms with van der Waals surface area (Å²) in [5.41, 5.74) is -0.183. The first-order chi connectivity index (χ1) is 9.39. The van der Waals surface area contributed by atoms with E-state index in [-0.39, 0.29) is 21.5 Å². The number of carboxylic acid groups (broad SMARTS) is 1. The summed E-state index contributed by atoms with van der Waals surface area (Å²) in [5, 5.41) is 9.07. The normalized spacial score (nSPS) is 26.1. The number of benzene rings is 1.